The highest BCUT2D eigenvalue weighted by Gasteiger charge is 2.19. The van der Waals surface area contributed by atoms with Gasteiger partial charge < -0.3 is 15.5 Å². The van der Waals surface area contributed by atoms with Gasteiger partial charge in [-0.25, -0.2) is 4.79 Å². The van der Waals surface area contributed by atoms with Gasteiger partial charge in [-0.1, -0.05) is 35.9 Å². The number of aromatic hydroxyl groups is 1. The second-order valence-electron chi connectivity index (χ2n) is 5.16. The number of aliphatic carboxylic acids is 1. The van der Waals surface area contributed by atoms with Crippen LogP contribution in [0.2, 0.25) is 5.02 Å². The van der Waals surface area contributed by atoms with Crippen molar-refractivity contribution in [2.75, 3.05) is 0 Å². The Hall–Kier alpha value is -2.79. The molecule has 5 nitrogen and oxygen atoms in total. The molecule has 0 saturated heterocycles. The first-order valence-electron chi connectivity index (χ1n) is 7.19. The van der Waals surface area contributed by atoms with E-state index in [1.165, 1.54) is 18.2 Å². The summed E-state index contributed by atoms with van der Waals surface area (Å²) in [4.78, 5) is 23.2. The summed E-state index contributed by atoms with van der Waals surface area (Å²) in [5.41, 5.74) is 1.43. The lowest BCUT2D eigenvalue weighted by Crippen LogP contribution is -2.41. The topological polar surface area (TPSA) is 86.6 Å². The fourth-order valence-electron chi connectivity index (χ4n) is 2.07. The molecule has 0 saturated carbocycles. The molecule has 0 aliphatic rings. The number of rotatable bonds is 6. The van der Waals surface area contributed by atoms with Gasteiger partial charge in [-0.15, -0.1) is 0 Å². The molecule has 124 valence electrons. The van der Waals surface area contributed by atoms with Gasteiger partial charge in [-0.2, -0.15) is 0 Å². The fourth-order valence-corrected chi connectivity index (χ4v) is 2.27. The van der Waals surface area contributed by atoms with Crippen LogP contribution in [0.1, 0.15) is 11.1 Å². The van der Waals surface area contributed by atoms with Gasteiger partial charge in [-0.3, -0.25) is 4.79 Å². The lowest BCUT2D eigenvalue weighted by atomic mass is 10.1. The summed E-state index contributed by atoms with van der Waals surface area (Å²) in [6.45, 7) is 0. The minimum atomic E-state index is -1.13. The number of hydrogen-bond acceptors (Lipinski definition) is 3. The van der Waals surface area contributed by atoms with Crippen molar-refractivity contribution in [1.29, 1.82) is 0 Å². The van der Waals surface area contributed by atoms with Crippen LogP contribution >= 0.6 is 11.6 Å². The molecule has 0 heterocycles. The zero-order valence-corrected chi connectivity index (χ0v) is 13.4. The first kappa shape index (κ1) is 17.6. The fraction of sp³-hybridized carbons (Fsp3) is 0.111. The van der Waals surface area contributed by atoms with Crippen molar-refractivity contribution in [2.45, 2.75) is 12.5 Å². The highest BCUT2D eigenvalue weighted by Crippen LogP contribution is 2.13. The van der Waals surface area contributed by atoms with E-state index in [1.807, 2.05) is 0 Å². The average molecular weight is 346 g/mol. The van der Waals surface area contributed by atoms with Crippen LogP contribution in [-0.4, -0.2) is 28.1 Å². The van der Waals surface area contributed by atoms with Gasteiger partial charge in [0.1, 0.15) is 11.8 Å². The Morgan fingerprint density at radius 1 is 1.17 bits per heavy atom. The molecule has 6 heteroatoms. The molecule has 2 aromatic rings. The molecule has 0 radical (unpaired) electrons. The number of phenolic OH excluding ortho intramolecular Hbond substituents is 1. The molecule has 0 aliphatic carbocycles. The van der Waals surface area contributed by atoms with Crippen LogP contribution in [-0.2, 0) is 16.0 Å². The third kappa shape index (κ3) is 5.44. The van der Waals surface area contributed by atoms with E-state index >= 15 is 0 Å². The molecule has 24 heavy (non-hydrogen) atoms. The van der Waals surface area contributed by atoms with Gasteiger partial charge in [0.25, 0.3) is 0 Å². The zero-order valence-electron chi connectivity index (χ0n) is 12.6. The minimum Gasteiger partial charge on any atom is -0.508 e. The third-order valence-corrected chi connectivity index (χ3v) is 3.50. The Labute approximate surface area is 144 Å². The SMILES string of the molecule is O=C(C=Cc1cccc(Cl)c1)N[C@@H](Cc1ccc(O)cc1)C(=O)O. The largest absolute Gasteiger partial charge is 0.508 e. The van der Waals surface area contributed by atoms with E-state index in [2.05, 4.69) is 5.32 Å². The molecule has 3 N–H and O–H groups in total. The van der Waals surface area contributed by atoms with Crippen LogP contribution in [0, 0.1) is 0 Å². The van der Waals surface area contributed by atoms with E-state index in [9.17, 15) is 19.8 Å². The van der Waals surface area contributed by atoms with Gasteiger partial charge >= 0.3 is 5.97 Å². The minimum absolute atomic E-state index is 0.0964. The summed E-state index contributed by atoms with van der Waals surface area (Å²) in [7, 11) is 0. The van der Waals surface area contributed by atoms with Crippen molar-refractivity contribution in [3.63, 3.8) is 0 Å². The second kappa shape index (κ2) is 8.17. The summed E-state index contributed by atoms with van der Waals surface area (Å²) in [5, 5.41) is 21.5. The molecule has 0 aromatic heterocycles. The summed E-state index contributed by atoms with van der Waals surface area (Å²) in [6, 6.07) is 12.0. The lowest BCUT2D eigenvalue weighted by Gasteiger charge is -2.13. The molecule has 0 unspecified atom stereocenters. The van der Waals surface area contributed by atoms with Crippen LogP contribution in [0.5, 0.6) is 5.75 Å². The van der Waals surface area contributed by atoms with Crippen LogP contribution in [0.3, 0.4) is 0 Å². The van der Waals surface area contributed by atoms with Gasteiger partial charge in [0.15, 0.2) is 0 Å². The van der Waals surface area contributed by atoms with Crippen LogP contribution in [0.15, 0.2) is 54.6 Å². The number of nitrogens with one attached hydrogen (secondary N) is 1. The molecule has 0 fully saturated rings. The van der Waals surface area contributed by atoms with E-state index in [4.69, 9.17) is 11.6 Å². The second-order valence-corrected chi connectivity index (χ2v) is 5.59. The lowest BCUT2D eigenvalue weighted by molar-refractivity contribution is -0.141. The standard InChI is InChI=1S/C18H16ClNO4/c19-14-3-1-2-12(10-14)6-9-17(22)20-16(18(23)24)11-13-4-7-15(21)8-5-13/h1-10,16,21H,11H2,(H,20,22)(H,23,24)/t16-/m0/s1. The van der Waals surface area contributed by atoms with Crippen molar-refractivity contribution in [3.8, 4) is 5.75 Å². The van der Waals surface area contributed by atoms with E-state index in [-0.39, 0.29) is 12.2 Å². The maximum Gasteiger partial charge on any atom is 0.326 e. The van der Waals surface area contributed by atoms with Gasteiger partial charge in [0.2, 0.25) is 5.91 Å². The van der Waals surface area contributed by atoms with Crippen molar-refractivity contribution >= 4 is 29.6 Å². The first-order chi connectivity index (χ1) is 11.4. The van der Waals surface area contributed by atoms with E-state index in [0.717, 1.165) is 5.56 Å². The molecule has 1 amide bonds. The quantitative estimate of drug-likeness (QED) is 0.703. The number of benzene rings is 2. The smallest absolute Gasteiger partial charge is 0.326 e. The molecule has 0 spiro atoms. The monoisotopic (exact) mass is 345 g/mol. The molecule has 2 rings (SSSR count). The maximum atomic E-state index is 11.9. The Morgan fingerprint density at radius 3 is 2.50 bits per heavy atom. The van der Waals surface area contributed by atoms with E-state index in [1.54, 1.807) is 42.5 Å². The Balaban J connectivity index is 2.00. The normalized spacial score (nSPS) is 12.0. The molecule has 1 atom stereocenters. The maximum absolute atomic E-state index is 11.9. The van der Waals surface area contributed by atoms with Crippen LogP contribution in [0.4, 0.5) is 0 Å². The van der Waals surface area contributed by atoms with Gasteiger partial charge in [0, 0.05) is 17.5 Å². The predicted molar refractivity (Wildman–Crippen MR) is 91.9 cm³/mol. The van der Waals surface area contributed by atoms with E-state index < -0.39 is 17.9 Å². The van der Waals surface area contributed by atoms with Crippen LogP contribution < -0.4 is 5.32 Å². The van der Waals surface area contributed by atoms with Gasteiger partial charge in [-0.05, 0) is 41.5 Å². The van der Waals surface area contributed by atoms with Crippen molar-refractivity contribution in [2.24, 2.45) is 0 Å². The number of phenols is 1. The van der Waals surface area contributed by atoms with Crippen molar-refractivity contribution in [3.05, 3.63) is 70.8 Å². The number of carboxylic acids is 1. The number of amides is 1. The number of carbonyl (C=O) groups excluding carboxylic acids is 1. The molecular formula is C18H16ClNO4. The van der Waals surface area contributed by atoms with Gasteiger partial charge in [0.05, 0.1) is 0 Å². The summed E-state index contributed by atoms with van der Waals surface area (Å²) in [6.07, 6.45) is 2.94. The highest BCUT2D eigenvalue weighted by atomic mass is 35.5. The zero-order chi connectivity index (χ0) is 17.5. The summed E-state index contributed by atoms with van der Waals surface area (Å²) in [5.74, 6) is -1.55. The summed E-state index contributed by atoms with van der Waals surface area (Å²) < 4.78 is 0. The van der Waals surface area contributed by atoms with Crippen molar-refractivity contribution in [1.82, 2.24) is 5.32 Å². The average Bonchev–Trinajstić information content (AvgIpc) is 2.54. The number of hydrogen-bond donors (Lipinski definition) is 3. The predicted octanol–water partition coefficient (Wildman–Crippen LogP) is 2.87. The Bertz CT molecular complexity index is 756. The number of halogens is 1. The Kier molecular flexibility index (Phi) is 5.98. The third-order valence-electron chi connectivity index (χ3n) is 3.27. The van der Waals surface area contributed by atoms with Crippen molar-refractivity contribution < 1.29 is 19.8 Å². The number of carbonyl (C=O) groups is 2. The molecule has 0 aliphatic heterocycles. The molecular weight excluding hydrogens is 330 g/mol. The first-order valence-corrected chi connectivity index (χ1v) is 7.56. The Morgan fingerprint density at radius 2 is 1.88 bits per heavy atom. The highest BCUT2D eigenvalue weighted by molar-refractivity contribution is 6.30. The van der Waals surface area contributed by atoms with E-state index in [0.29, 0.717) is 10.6 Å². The molecule has 2 aromatic carbocycles. The number of carboxylic acid groups (broad SMARTS) is 1. The van der Waals surface area contributed by atoms with Crippen LogP contribution in [0.25, 0.3) is 6.08 Å². The molecule has 0 bridgehead atoms. The summed E-state index contributed by atoms with van der Waals surface area (Å²) >= 11 is 5.86.